The van der Waals surface area contributed by atoms with Crippen LogP contribution in [-0.4, -0.2) is 28.0 Å². The second kappa shape index (κ2) is 4.70. The summed E-state index contributed by atoms with van der Waals surface area (Å²) < 4.78 is 8.37. The Bertz CT molecular complexity index is 551. The van der Waals surface area contributed by atoms with Gasteiger partial charge in [-0.05, 0) is 41.5 Å². The number of nitrogens with zero attached hydrogens (tertiary/aromatic N) is 3. The molecule has 1 saturated heterocycles. The molecule has 90 valence electrons. The molecule has 1 atom stereocenters. The number of fused-ring (bicyclic) bond motifs is 1. The number of halogens is 2. The third-order valence-corrected chi connectivity index (χ3v) is 4.05. The molecular weight excluding hydrogens is 352 g/mol. The van der Waals surface area contributed by atoms with E-state index >= 15 is 0 Å². The van der Waals surface area contributed by atoms with Gasteiger partial charge < -0.3 is 4.74 Å². The summed E-state index contributed by atoms with van der Waals surface area (Å²) in [6.07, 6.45) is 3.88. The number of rotatable bonds is 1. The lowest BCUT2D eigenvalue weighted by molar-refractivity contribution is 0.0562. The number of aromatic nitrogens is 3. The smallest absolute Gasteiger partial charge is 0.160 e. The minimum Gasteiger partial charge on any atom is -0.379 e. The van der Waals surface area contributed by atoms with Crippen molar-refractivity contribution < 1.29 is 4.74 Å². The zero-order chi connectivity index (χ0) is 11.8. The van der Waals surface area contributed by atoms with E-state index in [2.05, 4.69) is 32.7 Å². The second-order valence-corrected chi connectivity index (χ2v) is 5.53. The first-order valence-electron chi connectivity index (χ1n) is 5.53. The fraction of sp³-hybridized carbons (Fsp3) is 0.455. The van der Waals surface area contributed by atoms with Crippen LogP contribution >= 0.6 is 34.2 Å². The third kappa shape index (κ3) is 2.04. The first kappa shape index (κ1) is 11.7. The van der Waals surface area contributed by atoms with Gasteiger partial charge in [0.15, 0.2) is 5.65 Å². The van der Waals surface area contributed by atoms with Gasteiger partial charge in [-0.1, -0.05) is 11.6 Å². The summed E-state index contributed by atoms with van der Waals surface area (Å²) in [5.74, 6) is 0. The molecule has 0 saturated carbocycles. The Morgan fingerprint density at radius 1 is 1.53 bits per heavy atom. The molecule has 3 heterocycles. The zero-order valence-corrected chi connectivity index (χ0v) is 12.0. The van der Waals surface area contributed by atoms with Crippen molar-refractivity contribution in [1.29, 1.82) is 0 Å². The van der Waals surface area contributed by atoms with Gasteiger partial charge in [0.1, 0.15) is 3.70 Å². The van der Waals surface area contributed by atoms with Crippen LogP contribution in [0.5, 0.6) is 0 Å². The Morgan fingerprint density at radius 3 is 3.18 bits per heavy atom. The van der Waals surface area contributed by atoms with E-state index < -0.39 is 0 Å². The van der Waals surface area contributed by atoms with Gasteiger partial charge in [-0.3, -0.25) is 0 Å². The molecule has 1 unspecified atom stereocenters. The molecule has 1 fully saturated rings. The van der Waals surface area contributed by atoms with Crippen molar-refractivity contribution >= 4 is 45.2 Å². The van der Waals surface area contributed by atoms with E-state index in [1.807, 2.05) is 4.68 Å². The molecule has 0 aliphatic carbocycles. The van der Waals surface area contributed by atoms with Crippen LogP contribution in [0, 0.1) is 3.70 Å². The normalized spacial score (nSPS) is 20.9. The van der Waals surface area contributed by atoms with Crippen molar-refractivity contribution in [2.45, 2.75) is 18.9 Å². The number of hydrogen-bond donors (Lipinski definition) is 0. The first-order chi connectivity index (χ1) is 8.27. The highest BCUT2D eigenvalue weighted by molar-refractivity contribution is 14.1. The van der Waals surface area contributed by atoms with Gasteiger partial charge in [0, 0.05) is 12.8 Å². The van der Waals surface area contributed by atoms with Crippen molar-refractivity contribution in [3.05, 3.63) is 21.0 Å². The minimum atomic E-state index is 0.278. The summed E-state index contributed by atoms with van der Waals surface area (Å²) in [6.45, 7) is 1.56. The maximum atomic E-state index is 6.19. The molecule has 6 heteroatoms. The topological polar surface area (TPSA) is 39.9 Å². The average molecular weight is 364 g/mol. The standard InChI is InChI=1S/C11H11ClIN3O/c12-8-3-4-14-11-9(8)10(13)15-16(11)7-2-1-5-17-6-7/h3-4,7H,1-2,5-6H2. The van der Waals surface area contributed by atoms with Crippen LogP contribution in [0.1, 0.15) is 18.9 Å². The fourth-order valence-corrected chi connectivity index (χ4v) is 3.31. The van der Waals surface area contributed by atoms with E-state index in [0.29, 0.717) is 11.6 Å². The van der Waals surface area contributed by atoms with Gasteiger partial charge >= 0.3 is 0 Å². The van der Waals surface area contributed by atoms with Crippen molar-refractivity contribution in [3.8, 4) is 0 Å². The van der Waals surface area contributed by atoms with E-state index in [0.717, 1.165) is 34.2 Å². The maximum Gasteiger partial charge on any atom is 0.160 e. The molecular formula is C11H11ClIN3O. The lowest BCUT2D eigenvalue weighted by Gasteiger charge is -2.22. The van der Waals surface area contributed by atoms with Crippen molar-refractivity contribution in [3.63, 3.8) is 0 Å². The fourth-order valence-electron chi connectivity index (χ4n) is 2.16. The summed E-state index contributed by atoms with van der Waals surface area (Å²) in [5, 5.41) is 6.21. The molecule has 0 N–H and O–H groups in total. The maximum absolute atomic E-state index is 6.19. The Hall–Kier alpha value is -0.400. The summed E-state index contributed by atoms with van der Waals surface area (Å²) in [6, 6.07) is 2.08. The molecule has 4 nitrogen and oxygen atoms in total. The summed E-state index contributed by atoms with van der Waals surface area (Å²) in [7, 11) is 0. The lowest BCUT2D eigenvalue weighted by atomic mass is 10.1. The van der Waals surface area contributed by atoms with Crippen LogP contribution < -0.4 is 0 Å². The predicted molar refractivity (Wildman–Crippen MR) is 74.3 cm³/mol. The van der Waals surface area contributed by atoms with Crippen LogP contribution in [0.25, 0.3) is 11.0 Å². The van der Waals surface area contributed by atoms with E-state index in [9.17, 15) is 0 Å². The lowest BCUT2D eigenvalue weighted by Crippen LogP contribution is -2.22. The average Bonchev–Trinajstić information content (AvgIpc) is 2.69. The van der Waals surface area contributed by atoms with Gasteiger partial charge in [0.05, 0.1) is 23.1 Å². The predicted octanol–water partition coefficient (Wildman–Crippen LogP) is 3.04. The highest BCUT2D eigenvalue weighted by atomic mass is 127. The summed E-state index contributed by atoms with van der Waals surface area (Å²) in [5.41, 5.74) is 0.859. The molecule has 3 rings (SSSR count). The zero-order valence-electron chi connectivity index (χ0n) is 9.07. The van der Waals surface area contributed by atoms with Crippen LogP contribution in [-0.2, 0) is 4.74 Å². The van der Waals surface area contributed by atoms with Crippen molar-refractivity contribution in [1.82, 2.24) is 14.8 Å². The third-order valence-electron chi connectivity index (χ3n) is 2.98. The highest BCUT2D eigenvalue weighted by Crippen LogP contribution is 2.30. The number of hydrogen-bond acceptors (Lipinski definition) is 3. The molecule has 0 aromatic carbocycles. The molecule has 0 spiro atoms. The van der Waals surface area contributed by atoms with E-state index in [-0.39, 0.29) is 6.04 Å². The van der Waals surface area contributed by atoms with Crippen LogP contribution in [0.4, 0.5) is 0 Å². The van der Waals surface area contributed by atoms with Gasteiger partial charge in [-0.2, -0.15) is 5.10 Å². The van der Waals surface area contributed by atoms with Crippen molar-refractivity contribution in [2.75, 3.05) is 13.2 Å². The van der Waals surface area contributed by atoms with Crippen LogP contribution in [0.3, 0.4) is 0 Å². The molecule has 0 radical (unpaired) electrons. The Labute approximate surface area is 117 Å². The minimum absolute atomic E-state index is 0.278. The van der Waals surface area contributed by atoms with Gasteiger partial charge in [0.25, 0.3) is 0 Å². The summed E-state index contributed by atoms with van der Waals surface area (Å²) >= 11 is 8.39. The van der Waals surface area contributed by atoms with Crippen LogP contribution in [0.2, 0.25) is 5.02 Å². The second-order valence-electron chi connectivity index (χ2n) is 4.10. The number of ether oxygens (including phenoxy) is 1. The summed E-state index contributed by atoms with van der Waals surface area (Å²) in [4.78, 5) is 4.39. The molecule has 2 aromatic rings. The molecule has 0 amide bonds. The van der Waals surface area contributed by atoms with E-state index in [1.165, 1.54) is 0 Å². The van der Waals surface area contributed by atoms with Gasteiger partial charge in [-0.15, -0.1) is 0 Å². The van der Waals surface area contributed by atoms with Crippen LogP contribution in [0.15, 0.2) is 12.3 Å². The van der Waals surface area contributed by atoms with E-state index in [4.69, 9.17) is 16.3 Å². The Kier molecular flexibility index (Phi) is 3.23. The quantitative estimate of drug-likeness (QED) is 0.731. The molecule has 2 aromatic heterocycles. The largest absolute Gasteiger partial charge is 0.379 e. The van der Waals surface area contributed by atoms with Gasteiger partial charge in [-0.25, -0.2) is 9.67 Å². The first-order valence-corrected chi connectivity index (χ1v) is 6.99. The molecule has 1 aliphatic heterocycles. The van der Waals surface area contributed by atoms with Gasteiger partial charge in [0.2, 0.25) is 0 Å². The highest BCUT2D eigenvalue weighted by Gasteiger charge is 2.21. The number of pyridine rings is 1. The monoisotopic (exact) mass is 363 g/mol. The molecule has 0 bridgehead atoms. The van der Waals surface area contributed by atoms with Crippen molar-refractivity contribution in [2.24, 2.45) is 0 Å². The Morgan fingerprint density at radius 2 is 2.41 bits per heavy atom. The SMILES string of the molecule is Clc1ccnc2c1c(I)nn2C1CCCOC1. The Balaban J connectivity index is 2.13. The molecule has 17 heavy (non-hydrogen) atoms. The van der Waals surface area contributed by atoms with E-state index in [1.54, 1.807) is 12.3 Å². The molecule has 1 aliphatic rings.